The molecule has 0 saturated heterocycles. The zero-order chi connectivity index (χ0) is 12.2. The summed E-state index contributed by atoms with van der Waals surface area (Å²) < 4.78 is 0. The molecule has 1 heterocycles. The molecule has 16 heavy (non-hydrogen) atoms. The fourth-order valence-corrected chi connectivity index (χ4v) is 2.81. The summed E-state index contributed by atoms with van der Waals surface area (Å²) in [6.45, 7) is 12.5. The molecule has 1 atom stereocenters. The van der Waals surface area contributed by atoms with Crippen molar-refractivity contribution in [2.24, 2.45) is 11.3 Å². The van der Waals surface area contributed by atoms with Crippen LogP contribution in [0.3, 0.4) is 0 Å². The van der Waals surface area contributed by atoms with E-state index in [-0.39, 0.29) is 0 Å². The van der Waals surface area contributed by atoms with E-state index in [2.05, 4.69) is 44.9 Å². The van der Waals surface area contributed by atoms with Crippen LogP contribution in [0.1, 0.15) is 52.1 Å². The lowest BCUT2D eigenvalue weighted by molar-refractivity contribution is 0.264. The average molecular weight is 240 g/mol. The lowest BCUT2D eigenvalue weighted by Crippen LogP contribution is -2.32. The second-order valence-electron chi connectivity index (χ2n) is 5.74. The summed E-state index contributed by atoms with van der Waals surface area (Å²) in [5.74, 6) is 0.756. The molecule has 3 heteroatoms. The standard InChI is InChI=1S/C13H24N2S/c1-10(2)8-13(4,5)9-15-11(3)12-14-6-7-16-12/h6-7,10-11,15H,8-9H2,1-5H3. The van der Waals surface area contributed by atoms with Crippen LogP contribution in [-0.4, -0.2) is 11.5 Å². The first-order chi connectivity index (χ1) is 7.41. The maximum absolute atomic E-state index is 4.33. The molecule has 0 amide bonds. The number of hydrogen-bond acceptors (Lipinski definition) is 3. The third-order valence-electron chi connectivity index (χ3n) is 2.67. The summed E-state index contributed by atoms with van der Waals surface area (Å²) in [7, 11) is 0. The van der Waals surface area contributed by atoms with Crippen molar-refractivity contribution in [3.63, 3.8) is 0 Å². The van der Waals surface area contributed by atoms with Crippen molar-refractivity contribution in [2.45, 2.75) is 47.1 Å². The minimum atomic E-state index is 0.361. The van der Waals surface area contributed by atoms with Crippen LogP contribution in [0, 0.1) is 11.3 Å². The Kier molecular flexibility index (Phi) is 4.93. The van der Waals surface area contributed by atoms with Crippen molar-refractivity contribution in [3.05, 3.63) is 16.6 Å². The van der Waals surface area contributed by atoms with Gasteiger partial charge in [-0.25, -0.2) is 4.98 Å². The quantitative estimate of drug-likeness (QED) is 0.816. The second-order valence-corrected chi connectivity index (χ2v) is 6.66. The molecule has 0 aliphatic rings. The lowest BCUT2D eigenvalue weighted by Gasteiger charge is -2.28. The summed E-state index contributed by atoms with van der Waals surface area (Å²) in [5, 5.41) is 6.79. The first kappa shape index (κ1) is 13.7. The Bertz CT molecular complexity index is 291. The summed E-state index contributed by atoms with van der Waals surface area (Å²) in [6, 6.07) is 0.367. The molecule has 92 valence electrons. The zero-order valence-electron chi connectivity index (χ0n) is 11.1. The van der Waals surface area contributed by atoms with Gasteiger partial charge in [0.25, 0.3) is 0 Å². The molecule has 1 aromatic rings. The van der Waals surface area contributed by atoms with Gasteiger partial charge in [-0.1, -0.05) is 27.7 Å². The van der Waals surface area contributed by atoms with E-state index in [1.807, 2.05) is 11.6 Å². The monoisotopic (exact) mass is 240 g/mol. The summed E-state index contributed by atoms with van der Waals surface area (Å²) >= 11 is 1.72. The Hall–Kier alpha value is -0.410. The zero-order valence-corrected chi connectivity index (χ0v) is 11.9. The Morgan fingerprint density at radius 3 is 2.56 bits per heavy atom. The van der Waals surface area contributed by atoms with Crippen LogP contribution in [0.4, 0.5) is 0 Å². The van der Waals surface area contributed by atoms with Crippen LogP contribution >= 0.6 is 11.3 Å². The molecule has 0 aliphatic carbocycles. The molecular weight excluding hydrogens is 216 g/mol. The highest BCUT2D eigenvalue weighted by atomic mass is 32.1. The van der Waals surface area contributed by atoms with Crippen LogP contribution in [0.15, 0.2) is 11.6 Å². The molecule has 0 saturated carbocycles. The number of nitrogens with one attached hydrogen (secondary N) is 1. The third kappa shape index (κ3) is 4.62. The van der Waals surface area contributed by atoms with Gasteiger partial charge in [0.05, 0.1) is 6.04 Å². The average Bonchev–Trinajstić information content (AvgIpc) is 2.64. The largest absolute Gasteiger partial charge is 0.308 e. The molecule has 1 unspecified atom stereocenters. The van der Waals surface area contributed by atoms with Crippen LogP contribution in [-0.2, 0) is 0 Å². The maximum atomic E-state index is 4.33. The van der Waals surface area contributed by atoms with Crippen molar-refractivity contribution < 1.29 is 0 Å². The third-order valence-corrected chi connectivity index (χ3v) is 3.63. The van der Waals surface area contributed by atoms with Crippen molar-refractivity contribution >= 4 is 11.3 Å². The molecule has 1 N–H and O–H groups in total. The Morgan fingerprint density at radius 2 is 2.06 bits per heavy atom. The molecule has 1 rings (SSSR count). The molecule has 0 radical (unpaired) electrons. The Labute approximate surface area is 103 Å². The lowest BCUT2D eigenvalue weighted by atomic mass is 9.84. The van der Waals surface area contributed by atoms with Gasteiger partial charge in [0, 0.05) is 18.1 Å². The van der Waals surface area contributed by atoms with E-state index in [1.165, 1.54) is 11.4 Å². The number of nitrogens with zero attached hydrogens (tertiary/aromatic N) is 1. The summed E-state index contributed by atoms with van der Waals surface area (Å²) in [5.41, 5.74) is 0.361. The van der Waals surface area contributed by atoms with Crippen molar-refractivity contribution in [1.29, 1.82) is 0 Å². The molecule has 0 aliphatic heterocycles. The number of aromatic nitrogens is 1. The van der Waals surface area contributed by atoms with Gasteiger partial charge in [-0.2, -0.15) is 0 Å². The van der Waals surface area contributed by atoms with E-state index in [0.29, 0.717) is 11.5 Å². The van der Waals surface area contributed by atoms with E-state index in [4.69, 9.17) is 0 Å². The minimum absolute atomic E-state index is 0.361. The van der Waals surface area contributed by atoms with Crippen LogP contribution in [0.5, 0.6) is 0 Å². The molecule has 2 nitrogen and oxygen atoms in total. The van der Waals surface area contributed by atoms with Crippen molar-refractivity contribution in [2.75, 3.05) is 6.54 Å². The highest BCUT2D eigenvalue weighted by Gasteiger charge is 2.20. The maximum Gasteiger partial charge on any atom is 0.109 e. The molecule has 0 bridgehead atoms. The van der Waals surface area contributed by atoms with E-state index in [9.17, 15) is 0 Å². The number of thiazole rings is 1. The SMILES string of the molecule is CC(C)CC(C)(C)CNC(C)c1nccs1. The summed E-state index contributed by atoms with van der Waals surface area (Å²) in [6.07, 6.45) is 3.13. The van der Waals surface area contributed by atoms with E-state index in [0.717, 1.165) is 12.5 Å². The molecule has 0 aromatic carbocycles. The van der Waals surface area contributed by atoms with Crippen LogP contribution in [0.25, 0.3) is 0 Å². The van der Waals surface area contributed by atoms with E-state index < -0.39 is 0 Å². The van der Waals surface area contributed by atoms with Gasteiger partial charge in [-0.3, -0.25) is 0 Å². The van der Waals surface area contributed by atoms with Gasteiger partial charge in [0.15, 0.2) is 0 Å². The molecule has 0 spiro atoms. The predicted molar refractivity (Wildman–Crippen MR) is 71.8 cm³/mol. The fourth-order valence-electron chi connectivity index (χ4n) is 2.14. The Balaban J connectivity index is 2.39. The Morgan fingerprint density at radius 1 is 1.38 bits per heavy atom. The first-order valence-corrected chi connectivity index (χ1v) is 6.91. The second kappa shape index (κ2) is 5.78. The van der Waals surface area contributed by atoms with Crippen LogP contribution < -0.4 is 5.32 Å². The highest BCUT2D eigenvalue weighted by Crippen LogP contribution is 2.25. The number of rotatable bonds is 6. The summed E-state index contributed by atoms with van der Waals surface area (Å²) in [4.78, 5) is 4.33. The number of hydrogen-bond donors (Lipinski definition) is 1. The smallest absolute Gasteiger partial charge is 0.109 e. The molecule has 1 aromatic heterocycles. The van der Waals surface area contributed by atoms with Gasteiger partial charge in [0.2, 0.25) is 0 Å². The van der Waals surface area contributed by atoms with Crippen molar-refractivity contribution in [1.82, 2.24) is 10.3 Å². The molecular formula is C13H24N2S. The van der Waals surface area contributed by atoms with Gasteiger partial charge in [-0.05, 0) is 24.7 Å². The van der Waals surface area contributed by atoms with Crippen molar-refractivity contribution in [3.8, 4) is 0 Å². The normalized spacial score (nSPS) is 14.4. The van der Waals surface area contributed by atoms with Gasteiger partial charge in [-0.15, -0.1) is 11.3 Å². The molecule has 0 fully saturated rings. The minimum Gasteiger partial charge on any atom is -0.308 e. The van der Waals surface area contributed by atoms with Crippen LogP contribution in [0.2, 0.25) is 0 Å². The van der Waals surface area contributed by atoms with Gasteiger partial charge in [0.1, 0.15) is 5.01 Å². The predicted octanol–water partition coefficient (Wildman–Crippen LogP) is 3.87. The van der Waals surface area contributed by atoms with E-state index in [1.54, 1.807) is 11.3 Å². The highest BCUT2D eigenvalue weighted by molar-refractivity contribution is 7.09. The van der Waals surface area contributed by atoms with E-state index >= 15 is 0 Å². The fraction of sp³-hybridized carbons (Fsp3) is 0.769. The van der Waals surface area contributed by atoms with Gasteiger partial charge >= 0.3 is 0 Å². The van der Waals surface area contributed by atoms with Gasteiger partial charge < -0.3 is 5.32 Å². The first-order valence-electron chi connectivity index (χ1n) is 6.03. The topological polar surface area (TPSA) is 24.9 Å².